The summed E-state index contributed by atoms with van der Waals surface area (Å²) in [5.41, 5.74) is 0.929. The molecule has 4 unspecified atom stereocenters. The fraction of sp³-hybridized carbons (Fsp3) is 0.260. The van der Waals surface area contributed by atoms with Crippen molar-refractivity contribution in [1.82, 2.24) is 9.80 Å². The van der Waals surface area contributed by atoms with Crippen LogP contribution in [0.3, 0.4) is 0 Å². The second kappa shape index (κ2) is 17.7. The van der Waals surface area contributed by atoms with E-state index in [1.165, 1.54) is 56.0 Å². The number of Topliss-reactive ketones (excluding diaryl/α,β-unsaturated/α-hetero) is 2. The number of hydrogen-bond acceptors (Lipinski definition) is 15. The molecular weight excluding hydrogens is 965 g/mol. The van der Waals surface area contributed by atoms with Crippen LogP contribution in [0, 0.1) is 11.8 Å². The van der Waals surface area contributed by atoms with Crippen molar-refractivity contribution in [3.8, 4) is 23.0 Å². The Morgan fingerprint density at radius 3 is 1.59 bits per heavy atom. The number of benzene rings is 3. The molecule has 4 atom stereocenters. The van der Waals surface area contributed by atoms with Gasteiger partial charge in [-0.25, -0.2) is 14.4 Å². The van der Waals surface area contributed by atoms with Crippen LogP contribution in [0.4, 0.5) is 0 Å². The van der Waals surface area contributed by atoms with Crippen molar-refractivity contribution in [3.05, 3.63) is 150 Å². The number of nitrogens with zero attached hydrogens (tertiary/aromatic N) is 2. The van der Waals surface area contributed by atoms with Crippen LogP contribution >= 0.6 is 46.2 Å². The summed E-state index contributed by atoms with van der Waals surface area (Å²) in [7, 11) is 0. The standard InChI is InChI=1S/C50H38N2O13S4/c53-27(15-31-5-3-13-66-31)17-34-43(55)51-41(47(57)58)25(23-68-45(34)51)21-62-29-9-11-37-39(19-29)64-40-20-30(10-12-38(40)50(37)36-8-2-1-7-33(36)49(61)65-50)63-22-26-24-69-46-35(44(56)52(46)42(26)48(59)60)18-28(54)16-32-6-4-14-67-32/h1-14,19-20,34-35,45-46H,15-18,21-24H2,(H,57,58)(H,59,60). The van der Waals surface area contributed by atoms with Crippen molar-refractivity contribution in [3.63, 3.8) is 0 Å². The Morgan fingerprint density at radius 2 is 1.13 bits per heavy atom. The SMILES string of the molecule is O=C(Cc1cccs1)CC1C(=O)N2C(C(=O)O)=C(COc3ccc4c(c3)Oc3cc(OCC5=C(C(=O)O)N6C(=O)C(CC(=O)Cc7cccs7)C6SC5)ccc3C43OC(=O)c4ccccc43)CSC12. The Kier molecular flexibility index (Phi) is 11.5. The molecule has 2 saturated heterocycles. The second-order valence-corrected chi connectivity index (χ2v) is 21.4. The van der Waals surface area contributed by atoms with E-state index < -0.39 is 57.9 Å². The molecule has 0 saturated carbocycles. The van der Waals surface area contributed by atoms with Crippen molar-refractivity contribution in [1.29, 1.82) is 0 Å². The average Bonchev–Trinajstić information content (AvgIpc) is 4.12. The van der Waals surface area contributed by atoms with Gasteiger partial charge in [0.25, 0.3) is 0 Å². The number of ketones is 2. The molecule has 2 fully saturated rings. The van der Waals surface area contributed by atoms with Crippen LogP contribution in [0.1, 0.15) is 49.6 Å². The minimum atomic E-state index is -1.45. The van der Waals surface area contributed by atoms with E-state index in [1.54, 1.807) is 60.7 Å². The third-order valence-corrected chi connectivity index (χ3v) is 17.5. The second-order valence-electron chi connectivity index (χ2n) is 17.2. The number of carboxylic acid groups (broad SMARTS) is 2. The quantitative estimate of drug-likeness (QED) is 0.0737. The number of thioether (sulfide) groups is 2. The maximum atomic E-state index is 13.5. The van der Waals surface area contributed by atoms with E-state index in [1.807, 2.05) is 35.0 Å². The Morgan fingerprint density at radius 1 is 0.638 bits per heavy atom. The molecule has 0 aliphatic carbocycles. The highest BCUT2D eigenvalue weighted by Crippen LogP contribution is 2.57. The lowest BCUT2D eigenvalue weighted by molar-refractivity contribution is -0.154. The molecular formula is C50H38N2O13S4. The van der Waals surface area contributed by atoms with Gasteiger partial charge in [0.1, 0.15) is 59.2 Å². The molecule has 0 radical (unpaired) electrons. The number of β-lactam (4-membered cyclic amide) rings is 2. The lowest BCUT2D eigenvalue weighted by Crippen LogP contribution is -2.62. The maximum Gasteiger partial charge on any atom is 0.352 e. The molecule has 2 N–H and O–H groups in total. The van der Waals surface area contributed by atoms with Gasteiger partial charge in [0, 0.05) is 86.9 Å². The van der Waals surface area contributed by atoms with E-state index >= 15 is 0 Å². The number of carbonyl (C=O) groups excluding carboxylic acids is 5. The minimum Gasteiger partial charge on any atom is -0.489 e. The summed E-state index contributed by atoms with van der Waals surface area (Å²) in [4.78, 5) is 95.6. The minimum absolute atomic E-state index is 0.0312. The smallest absolute Gasteiger partial charge is 0.352 e. The Bertz CT molecular complexity index is 2920. The lowest BCUT2D eigenvalue weighted by Gasteiger charge is -2.49. The summed E-state index contributed by atoms with van der Waals surface area (Å²) in [6, 6.07) is 24.5. The molecule has 11 rings (SSSR count). The summed E-state index contributed by atoms with van der Waals surface area (Å²) in [5, 5.41) is 23.5. The van der Waals surface area contributed by atoms with Crippen LogP contribution < -0.4 is 14.2 Å². The van der Waals surface area contributed by atoms with Crippen LogP contribution in [0.5, 0.6) is 23.0 Å². The molecule has 6 aliphatic rings. The number of carbonyl (C=O) groups is 7. The first kappa shape index (κ1) is 44.8. The largest absolute Gasteiger partial charge is 0.489 e. The van der Waals surface area contributed by atoms with E-state index in [-0.39, 0.29) is 84.9 Å². The first-order valence-corrected chi connectivity index (χ1v) is 25.7. The lowest BCUT2D eigenvalue weighted by atomic mass is 9.77. The predicted octanol–water partition coefficient (Wildman–Crippen LogP) is 7.28. The van der Waals surface area contributed by atoms with E-state index in [2.05, 4.69) is 0 Å². The number of carboxylic acids is 2. The van der Waals surface area contributed by atoms with Gasteiger partial charge in [0.15, 0.2) is 5.60 Å². The third-order valence-electron chi connectivity index (χ3n) is 13.0. The van der Waals surface area contributed by atoms with Crippen LogP contribution in [-0.4, -0.2) is 96.8 Å². The van der Waals surface area contributed by atoms with Gasteiger partial charge in [0.2, 0.25) is 11.8 Å². The highest BCUT2D eigenvalue weighted by atomic mass is 32.2. The first-order valence-electron chi connectivity index (χ1n) is 21.8. The molecule has 0 bridgehead atoms. The topological polar surface area (TPSA) is 203 Å². The summed E-state index contributed by atoms with van der Waals surface area (Å²) in [5.74, 6) is -3.67. The van der Waals surface area contributed by atoms with Gasteiger partial charge in [-0.15, -0.1) is 46.2 Å². The summed E-state index contributed by atoms with van der Waals surface area (Å²) in [6.45, 7) is -0.345. The van der Waals surface area contributed by atoms with Crippen molar-refractivity contribution < 1.29 is 62.7 Å². The maximum absolute atomic E-state index is 13.5. The Balaban J connectivity index is 0.826. The number of ether oxygens (including phenoxy) is 4. The number of rotatable bonds is 16. The average molecular weight is 1000 g/mol. The van der Waals surface area contributed by atoms with Gasteiger partial charge in [0.05, 0.1) is 28.1 Å². The van der Waals surface area contributed by atoms with Gasteiger partial charge >= 0.3 is 17.9 Å². The van der Waals surface area contributed by atoms with Crippen molar-refractivity contribution in [2.24, 2.45) is 11.8 Å². The van der Waals surface area contributed by atoms with Gasteiger partial charge < -0.3 is 29.2 Å². The Labute approximate surface area is 409 Å². The van der Waals surface area contributed by atoms with Crippen LogP contribution in [0.25, 0.3) is 0 Å². The van der Waals surface area contributed by atoms with E-state index in [0.29, 0.717) is 44.9 Å². The van der Waals surface area contributed by atoms with E-state index in [0.717, 1.165) is 9.75 Å². The summed E-state index contributed by atoms with van der Waals surface area (Å²) < 4.78 is 25.3. The predicted molar refractivity (Wildman–Crippen MR) is 253 cm³/mol. The summed E-state index contributed by atoms with van der Waals surface area (Å²) >= 11 is 5.71. The highest BCUT2D eigenvalue weighted by molar-refractivity contribution is 8.00. The molecule has 3 aromatic carbocycles. The van der Waals surface area contributed by atoms with Crippen LogP contribution in [0.2, 0.25) is 0 Å². The van der Waals surface area contributed by atoms with Gasteiger partial charge in [-0.2, -0.15) is 0 Å². The number of esters is 1. The number of aliphatic carboxylic acids is 2. The van der Waals surface area contributed by atoms with E-state index in [4.69, 9.17) is 18.9 Å². The number of thiophene rings is 2. The normalized spacial score (nSPS) is 22.9. The molecule has 2 amide bonds. The molecule has 6 aliphatic heterocycles. The van der Waals surface area contributed by atoms with Crippen LogP contribution in [-0.2, 0) is 51.9 Å². The first-order chi connectivity index (χ1) is 33.4. The molecule has 5 aromatic rings. The molecule has 1 spiro atoms. The fourth-order valence-corrected chi connectivity index (χ4v) is 14.1. The zero-order chi connectivity index (χ0) is 47.7. The third kappa shape index (κ3) is 7.71. The zero-order valence-electron chi connectivity index (χ0n) is 36.1. The number of fused-ring (bicyclic) bond motifs is 8. The highest BCUT2D eigenvalue weighted by Gasteiger charge is 2.56. The Hall–Kier alpha value is -6.67. The van der Waals surface area contributed by atoms with E-state index in [9.17, 15) is 43.8 Å². The summed E-state index contributed by atoms with van der Waals surface area (Å²) in [6.07, 6.45) is 0.509. The van der Waals surface area contributed by atoms with Crippen molar-refractivity contribution in [2.75, 3.05) is 24.7 Å². The molecule has 350 valence electrons. The monoisotopic (exact) mass is 1000 g/mol. The zero-order valence-corrected chi connectivity index (χ0v) is 39.4. The van der Waals surface area contributed by atoms with Crippen molar-refractivity contribution in [2.45, 2.75) is 42.0 Å². The van der Waals surface area contributed by atoms with Crippen molar-refractivity contribution >= 4 is 87.5 Å². The number of hydrogen-bond donors (Lipinski definition) is 2. The van der Waals surface area contributed by atoms with Gasteiger partial charge in [-0.1, -0.05) is 30.3 Å². The molecule has 8 heterocycles. The van der Waals surface area contributed by atoms with Crippen LogP contribution in [0.15, 0.2) is 118 Å². The molecule has 2 aromatic heterocycles. The molecule has 19 heteroatoms. The molecule has 69 heavy (non-hydrogen) atoms. The van der Waals surface area contributed by atoms with Gasteiger partial charge in [-0.05, 0) is 53.2 Å². The molecule has 15 nitrogen and oxygen atoms in total. The van der Waals surface area contributed by atoms with Gasteiger partial charge in [-0.3, -0.25) is 29.0 Å². The number of amides is 2. The fourth-order valence-electron chi connectivity index (χ4n) is 9.87.